The lowest BCUT2D eigenvalue weighted by Gasteiger charge is -2.04. The molecule has 0 unspecified atom stereocenters. The molecule has 4 aromatic rings. The molecule has 1 aromatic carbocycles. The molecule has 0 aliphatic heterocycles. The second-order valence-corrected chi connectivity index (χ2v) is 8.00. The van der Waals surface area contributed by atoms with Crippen molar-refractivity contribution in [3.8, 4) is 11.3 Å². The van der Waals surface area contributed by atoms with E-state index in [4.69, 9.17) is 9.15 Å². The molecule has 30 heavy (non-hydrogen) atoms. The molecule has 0 aliphatic rings. The Morgan fingerprint density at radius 2 is 2.03 bits per heavy atom. The Kier molecular flexibility index (Phi) is 5.50. The lowest BCUT2D eigenvalue weighted by Crippen LogP contribution is -2.16. The molecule has 7 nitrogen and oxygen atoms in total. The van der Waals surface area contributed by atoms with Crippen molar-refractivity contribution in [1.29, 1.82) is 0 Å². The van der Waals surface area contributed by atoms with Gasteiger partial charge in [0.2, 0.25) is 0 Å². The van der Waals surface area contributed by atoms with E-state index in [1.807, 2.05) is 31.4 Å². The highest BCUT2D eigenvalue weighted by Gasteiger charge is 2.12. The molecule has 3 aromatic heterocycles. The fraction of sp³-hybridized carbons (Fsp3) is 0.273. The van der Waals surface area contributed by atoms with Gasteiger partial charge in [0.15, 0.2) is 16.6 Å². The first-order valence-electron chi connectivity index (χ1n) is 9.55. The molecule has 154 valence electrons. The Labute approximate surface area is 177 Å². The van der Waals surface area contributed by atoms with Crippen molar-refractivity contribution in [2.45, 2.75) is 40.2 Å². The molecular weight excluding hydrogens is 402 g/mol. The largest absolute Gasteiger partial charge is 0.459 e. The summed E-state index contributed by atoms with van der Waals surface area (Å²) >= 11 is 1.38. The van der Waals surface area contributed by atoms with Crippen LogP contribution in [0.25, 0.3) is 16.3 Å². The second-order valence-electron chi connectivity index (χ2n) is 7.16. The highest BCUT2D eigenvalue weighted by Crippen LogP contribution is 2.23. The highest BCUT2D eigenvalue weighted by atomic mass is 32.1. The maximum Gasteiger partial charge on any atom is 0.306 e. The van der Waals surface area contributed by atoms with Crippen molar-refractivity contribution in [3.05, 3.63) is 74.6 Å². The fourth-order valence-electron chi connectivity index (χ4n) is 3.06. The molecule has 0 aliphatic carbocycles. The number of oxazole rings is 1. The first kappa shape index (κ1) is 20.0. The number of nitrogens with zero attached hydrogens (tertiary/aromatic N) is 3. The number of carbonyl (C=O) groups excluding carboxylic acids is 1. The molecule has 0 bridgehead atoms. The summed E-state index contributed by atoms with van der Waals surface area (Å²) in [6.07, 6.45) is 2.13. The summed E-state index contributed by atoms with van der Waals surface area (Å²) in [5.74, 6) is 0.753. The minimum Gasteiger partial charge on any atom is -0.459 e. The van der Waals surface area contributed by atoms with Crippen LogP contribution in [-0.2, 0) is 22.6 Å². The van der Waals surface area contributed by atoms with Gasteiger partial charge in [-0.2, -0.15) is 0 Å². The summed E-state index contributed by atoms with van der Waals surface area (Å²) < 4.78 is 12.6. The fourth-order valence-corrected chi connectivity index (χ4v) is 3.96. The lowest BCUT2D eigenvalue weighted by molar-refractivity contribution is -0.145. The number of benzene rings is 1. The molecule has 0 spiro atoms. The van der Waals surface area contributed by atoms with Crippen LogP contribution >= 0.6 is 11.3 Å². The van der Waals surface area contributed by atoms with E-state index in [0.717, 1.165) is 11.3 Å². The van der Waals surface area contributed by atoms with Crippen LogP contribution in [0.1, 0.15) is 34.8 Å². The number of esters is 1. The molecule has 0 fully saturated rings. The normalized spacial score (nSPS) is 11.2. The summed E-state index contributed by atoms with van der Waals surface area (Å²) in [4.78, 5) is 33.5. The Hall–Kier alpha value is -3.26. The van der Waals surface area contributed by atoms with Crippen LogP contribution in [0.5, 0.6) is 0 Å². The predicted molar refractivity (Wildman–Crippen MR) is 114 cm³/mol. The Balaban J connectivity index is 1.34. The number of ether oxygens (including phenoxy) is 1. The molecule has 8 heteroatoms. The zero-order valence-corrected chi connectivity index (χ0v) is 17.8. The number of fused-ring (bicyclic) bond motifs is 1. The minimum absolute atomic E-state index is 0.0407. The zero-order valence-electron chi connectivity index (χ0n) is 17.0. The van der Waals surface area contributed by atoms with Gasteiger partial charge >= 0.3 is 5.97 Å². The van der Waals surface area contributed by atoms with E-state index in [2.05, 4.69) is 23.0 Å². The van der Waals surface area contributed by atoms with E-state index in [0.29, 0.717) is 28.7 Å². The van der Waals surface area contributed by atoms with E-state index in [1.165, 1.54) is 32.9 Å². The summed E-state index contributed by atoms with van der Waals surface area (Å²) in [7, 11) is 0. The Morgan fingerprint density at radius 1 is 1.20 bits per heavy atom. The third-order valence-corrected chi connectivity index (χ3v) is 5.84. The summed E-state index contributed by atoms with van der Waals surface area (Å²) in [5.41, 5.74) is 4.44. The standard InChI is InChI=1S/C22H21N3O4S/c1-13-4-5-16(8-14(13)2)18-10-23-19(29-18)6-7-21(27)28-11-17-9-20(26)25-15(3)12-30-22(25)24-17/h4-5,8-10,12H,6-7,11H2,1-3H3. The first-order valence-corrected chi connectivity index (χ1v) is 10.4. The quantitative estimate of drug-likeness (QED) is 0.436. The molecule has 0 saturated carbocycles. The molecule has 0 saturated heterocycles. The van der Waals surface area contributed by atoms with Crippen molar-refractivity contribution in [2.75, 3.05) is 0 Å². The lowest BCUT2D eigenvalue weighted by atomic mass is 10.1. The number of aromatic nitrogens is 3. The molecule has 0 N–H and O–H groups in total. The zero-order chi connectivity index (χ0) is 21.3. The van der Waals surface area contributed by atoms with Gasteiger partial charge in [-0.1, -0.05) is 12.1 Å². The van der Waals surface area contributed by atoms with Gasteiger partial charge in [0.25, 0.3) is 5.56 Å². The monoisotopic (exact) mass is 423 g/mol. The number of aryl methyl sites for hydroxylation is 4. The van der Waals surface area contributed by atoms with Gasteiger partial charge in [0.1, 0.15) is 6.61 Å². The molecule has 4 rings (SSSR count). The van der Waals surface area contributed by atoms with E-state index < -0.39 is 5.97 Å². The van der Waals surface area contributed by atoms with Gasteiger partial charge in [-0.3, -0.25) is 14.0 Å². The van der Waals surface area contributed by atoms with Crippen molar-refractivity contribution in [1.82, 2.24) is 14.4 Å². The average molecular weight is 423 g/mol. The molecule has 0 radical (unpaired) electrons. The van der Waals surface area contributed by atoms with Crippen LogP contribution in [0.4, 0.5) is 0 Å². The topological polar surface area (TPSA) is 86.7 Å². The Morgan fingerprint density at radius 3 is 2.83 bits per heavy atom. The summed E-state index contributed by atoms with van der Waals surface area (Å²) in [6, 6.07) is 7.47. The summed E-state index contributed by atoms with van der Waals surface area (Å²) in [6.45, 7) is 5.91. The molecule has 3 heterocycles. The molecule has 0 atom stereocenters. The van der Waals surface area contributed by atoms with E-state index >= 15 is 0 Å². The van der Waals surface area contributed by atoms with Crippen molar-refractivity contribution >= 4 is 22.3 Å². The Bertz CT molecular complexity index is 1290. The van der Waals surface area contributed by atoms with Gasteiger partial charge in [-0.05, 0) is 38.0 Å². The smallest absolute Gasteiger partial charge is 0.306 e. The van der Waals surface area contributed by atoms with Crippen LogP contribution in [0.2, 0.25) is 0 Å². The average Bonchev–Trinajstić information content (AvgIpc) is 3.34. The molecule has 0 amide bonds. The highest BCUT2D eigenvalue weighted by molar-refractivity contribution is 7.15. The van der Waals surface area contributed by atoms with Crippen LogP contribution in [0.3, 0.4) is 0 Å². The van der Waals surface area contributed by atoms with Gasteiger partial charge < -0.3 is 9.15 Å². The van der Waals surface area contributed by atoms with E-state index in [9.17, 15) is 9.59 Å². The van der Waals surface area contributed by atoms with Crippen LogP contribution < -0.4 is 5.56 Å². The van der Waals surface area contributed by atoms with Gasteiger partial charge in [-0.25, -0.2) is 9.97 Å². The number of rotatable bonds is 6. The number of hydrogen-bond donors (Lipinski definition) is 0. The third kappa shape index (κ3) is 4.18. The third-order valence-electron chi connectivity index (χ3n) is 4.90. The number of hydrogen-bond acceptors (Lipinski definition) is 7. The SMILES string of the molecule is Cc1ccc(-c2cnc(CCC(=O)OCc3cc(=O)n4c(C)csc4n3)o2)cc1C. The van der Waals surface area contributed by atoms with E-state index in [-0.39, 0.29) is 18.6 Å². The van der Waals surface area contributed by atoms with Crippen LogP contribution in [-0.4, -0.2) is 20.3 Å². The van der Waals surface area contributed by atoms with E-state index in [1.54, 1.807) is 6.20 Å². The predicted octanol–water partition coefficient (Wildman–Crippen LogP) is 4.01. The van der Waals surface area contributed by atoms with Crippen molar-refractivity contribution in [3.63, 3.8) is 0 Å². The van der Waals surface area contributed by atoms with Gasteiger partial charge in [0, 0.05) is 29.1 Å². The molecular formula is C22H21N3O4S. The maximum atomic E-state index is 12.2. The number of thiazole rings is 1. The minimum atomic E-state index is -0.398. The number of carbonyl (C=O) groups is 1. The van der Waals surface area contributed by atoms with Crippen LogP contribution in [0.15, 0.2) is 45.1 Å². The van der Waals surface area contributed by atoms with Gasteiger partial charge in [0.05, 0.1) is 18.3 Å². The van der Waals surface area contributed by atoms with Crippen molar-refractivity contribution in [2.24, 2.45) is 0 Å². The summed E-state index contributed by atoms with van der Waals surface area (Å²) in [5, 5.41) is 1.86. The van der Waals surface area contributed by atoms with Crippen molar-refractivity contribution < 1.29 is 13.9 Å². The van der Waals surface area contributed by atoms with Gasteiger partial charge in [-0.15, -0.1) is 11.3 Å². The van der Waals surface area contributed by atoms with Crippen LogP contribution in [0, 0.1) is 20.8 Å². The second kappa shape index (κ2) is 8.23. The first-order chi connectivity index (χ1) is 14.4. The maximum absolute atomic E-state index is 12.2.